The molecule has 0 aromatic carbocycles. The molecule has 0 amide bonds. The number of aromatic nitrogens is 1. The van der Waals surface area contributed by atoms with E-state index in [1.807, 2.05) is 0 Å². The molecule has 0 saturated heterocycles. The molecule has 0 radical (unpaired) electrons. The molecule has 0 aliphatic heterocycles. The van der Waals surface area contributed by atoms with Gasteiger partial charge in [0.05, 0.1) is 17.2 Å². The lowest BCUT2D eigenvalue weighted by Gasteiger charge is -2.08. The Morgan fingerprint density at radius 3 is 2.59 bits per heavy atom. The highest BCUT2D eigenvalue weighted by atomic mass is 32.2. The van der Waals surface area contributed by atoms with E-state index in [4.69, 9.17) is 10.8 Å². The number of hydrogen-bond acceptors (Lipinski definition) is 4. The Labute approximate surface area is 101 Å². The molecule has 1 aromatic rings. The van der Waals surface area contributed by atoms with Crippen molar-refractivity contribution in [1.29, 1.82) is 0 Å². The van der Waals surface area contributed by atoms with Crippen molar-refractivity contribution < 1.29 is 18.3 Å². The summed E-state index contributed by atoms with van der Waals surface area (Å²) in [7, 11) is 0. The topological polar surface area (TPSA) is 59.1 Å². The van der Waals surface area contributed by atoms with Gasteiger partial charge in [-0.15, -0.1) is 11.8 Å². The molecule has 3 nitrogen and oxygen atoms in total. The van der Waals surface area contributed by atoms with E-state index in [1.165, 1.54) is 17.8 Å². The molecule has 0 spiro atoms. The quantitative estimate of drug-likeness (QED) is 0.799. The lowest BCUT2D eigenvalue weighted by Crippen LogP contribution is -2.24. The first-order chi connectivity index (χ1) is 7.93. The summed E-state index contributed by atoms with van der Waals surface area (Å²) in [6.45, 7) is -0.0962. The molecule has 1 aromatic heterocycles. The highest BCUT2D eigenvalue weighted by Gasteiger charge is 2.30. The van der Waals surface area contributed by atoms with Crippen LogP contribution in [0.2, 0.25) is 0 Å². The van der Waals surface area contributed by atoms with Crippen molar-refractivity contribution in [2.75, 3.05) is 12.4 Å². The third-order valence-corrected chi connectivity index (χ3v) is 3.01. The minimum atomic E-state index is -4.35. The van der Waals surface area contributed by atoms with Gasteiger partial charge >= 0.3 is 6.18 Å². The Kier molecular flexibility index (Phi) is 5.23. The fourth-order valence-electron chi connectivity index (χ4n) is 1.04. The molecule has 0 aliphatic rings. The lowest BCUT2D eigenvalue weighted by molar-refractivity contribution is -0.137. The Morgan fingerprint density at radius 1 is 1.41 bits per heavy atom. The summed E-state index contributed by atoms with van der Waals surface area (Å²) in [6.07, 6.45) is -2.95. The van der Waals surface area contributed by atoms with E-state index in [2.05, 4.69) is 4.98 Å². The van der Waals surface area contributed by atoms with Gasteiger partial charge in [-0.25, -0.2) is 4.98 Å². The standard InChI is InChI=1S/C10H13F3N2OS/c11-10(12,13)7-1-2-9(15-5-7)17-4-3-8(14)6-16/h1-2,5,8,16H,3-4,6,14H2. The van der Waals surface area contributed by atoms with Crippen molar-refractivity contribution in [2.24, 2.45) is 5.73 Å². The SMILES string of the molecule is NC(CO)CCSc1ccc(C(F)(F)F)cn1. The monoisotopic (exact) mass is 266 g/mol. The van der Waals surface area contributed by atoms with E-state index in [0.717, 1.165) is 12.3 Å². The average Bonchev–Trinajstić information content (AvgIpc) is 2.28. The minimum absolute atomic E-state index is 0.0962. The zero-order valence-corrected chi connectivity index (χ0v) is 9.76. The van der Waals surface area contributed by atoms with Crippen LogP contribution in [0, 0.1) is 0 Å². The number of nitrogens with zero attached hydrogens (tertiary/aromatic N) is 1. The van der Waals surface area contributed by atoms with Gasteiger partial charge in [-0.3, -0.25) is 0 Å². The first-order valence-corrected chi connectivity index (χ1v) is 5.94. The molecular formula is C10H13F3N2OS. The first-order valence-electron chi connectivity index (χ1n) is 4.96. The molecule has 0 fully saturated rings. The van der Waals surface area contributed by atoms with Crippen LogP contribution in [0.4, 0.5) is 13.2 Å². The third-order valence-electron chi connectivity index (χ3n) is 2.04. The van der Waals surface area contributed by atoms with Gasteiger partial charge in [0.25, 0.3) is 0 Å². The summed E-state index contributed by atoms with van der Waals surface area (Å²) in [5, 5.41) is 9.20. The van der Waals surface area contributed by atoms with Crippen LogP contribution in [0.3, 0.4) is 0 Å². The van der Waals surface area contributed by atoms with Gasteiger partial charge < -0.3 is 10.8 Å². The number of nitrogens with two attached hydrogens (primary N) is 1. The summed E-state index contributed by atoms with van der Waals surface area (Å²) in [5.41, 5.74) is 4.73. The molecule has 0 bridgehead atoms. The second-order valence-corrected chi connectivity index (χ2v) is 4.58. The van der Waals surface area contributed by atoms with E-state index < -0.39 is 11.7 Å². The zero-order valence-electron chi connectivity index (χ0n) is 8.94. The van der Waals surface area contributed by atoms with Crippen LogP contribution in [0.15, 0.2) is 23.4 Å². The van der Waals surface area contributed by atoms with Crippen molar-refractivity contribution in [3.05, 3.63) is 23.9 Å². The van der Waals surface area contributed by atoms with Crippen LogP contribution < -0.4 is 5.73 Å². The number of rotatable bonds is 5. The summed E-state index contributed by atoms with van der Waals surface area (Å²) in [5.74, 6) is 0.611. The van der Waals surface area contributed by atoms with Gasteiger partial charge in [-0.2, -0.15) is 13.2 Å². The molecule has 17 heavy (non-hydrogen) atoms. The number of alkyl halides is 3. The van der Waals surface area contributed by atoms with Crippen LogP contribution in [0.25, 0.3) is 0 Å². The van der Waals surface area contributed by atoms with Gasteiger partial charge in [0, 0.05) is 18.0 Å². The van der Waals surface area contributed by atoms with Crippen LogP contribution in [-0.2, 0) is 6.18 Å². The van der Waals surface area contributed by atoms with E-state index in [-0.39, 0.29) is 12.6 Å². The van der Waals surface area contributed by atoms with Crippen molar-refractivity contribution in [3.63, 3.8) is 0 Å². The van der Waals surface area contributed by atoms with Gasteiger partial charge in [-0.1, -0.05) is 0 Å². The molecule has 7 heteroatoms. The molecule has 1 unspecified atom stereocenters. The second kappa shape index (κ2) is 6.23. The van der Waals surface area contributed by atoms with E-state index >= 15 is 0 Å². The van der Waals surface area contributed by atoms with Crippen LogP contribution in [0.1, 0.15) is 12.0 Å². The van der Waals surface area contributed by atoms with Gasteiger partial charge in [0.1, 0.15) is 0 Å². The number of aliphatic hydroxyl groups excluding tert-OH is 1. The zero-order chi connectivity index (χ0) is 12.9. The molecule has 96 valence electrons. The van der Waals surface area contributed by atoms with E-state index in [1.54, 1.807) is 0 Å². The van der Waals surface area contributed by atoms with Crippen molar-refractivity contribution in [3.8, 4) is 0 Å². The Balaban J connectivity index is 2.46. The molecule has 1 atom stereocenters. The summed E-state index contributed by atoms with van der Waals surface area (Å²) in [6, 6.07) is 2.04. The number of hydrogen-bond donors (Lipinski definition) is 2. The fourth-order valence-corrected chi connectivity index (χ4v) is 1.96. The smallest absolute Gasteiger partial charge is 0.395 e. The van der Waals surface area contributed by atoms with Crippen molar-refractivity contribution in [2.45, 2.75) is 23.7 Å². The lowest BCUT2D eigenvalue weighted by atomic mass is 10.3. The predicted molar refractivity (Wildman–Crippen MR) is 59.6 cm³/mol. The van der Waals surface area contributed by atoms with Crippen molar-refractivity contribution >= 4 is 11.8 Å². The first kappa shape index (κ1) is 14.3. The number of halogens is 3. The summed E-state index contributed by atoms with van der Waals surface area (Å²) >= 11 is 1.31. The predicted octanol–water partition coefficient (Wildman–Crippen LogP) is 1.90. The molecule has 0 saturated carbocycles. The summed E-state index contributed by atoms with van der Waals surface area (Å²) < 4.78 is 36.7. The van der Waals surface area contributed by atoms with E-state index in [9.17, 15) is 13.2 Å². The highest BCUT2D eigenvalue weighted by Crippen LogP contribution is 2.29. The highest BCUT2D eigenvalue weighted by molar-refractivity contribution is 7.99. The molecular weight excluding hydrogens is 253 g/mol. The average molecular weight is 266 g/mol. The second-order valence-electron chi connectivity index (χ2n) is 3.46. The van der Waals surface area contributed by atoms with Gasteiger partial charge in [-0.05, 0) is 18.6 Å². The number of aliphatic hydroxyl groups is 1. The largest absolute Gasteiger partial charge is 0.417 e. The molecule has 1 heterocycles. The summed E-state index contributed by atoms with van der Waals surface area (Å²) in [4.78, 5) is 3.71. The van der Waals surface area contributed by atoms with Gasteiger partial charge in [0.15, 0.2) is 0 Å². The minimum Gasteiger partial charge on any atom is -0.395 e. The normalized spacial score (nSPS) is 13.7. The van der Waals surface area contributed by atoms with Gasteiger partial charge in [0.2, 0.25) is 0 Å². The fraction of sp³-hybridized carbons (Fsp3) is 0.500. The Hall–Kier alpha value is -0.790. The van der Waals surface area contributed by atoms with Crippen LogP contribution in [0.5, 0.6) is 0 Å². The number of thioether (sulfide) groups is 1. The third kappa shape index (κ3) is 4.93. The maximum absolute atomic E-state index is 12.2. The molecule has 3 N–H and O–H groups in total. The maximum atomic E-state index is 12.2. The van der Waals surface area contributed by atoms with Crippen molar-refractivity contribution in [1.82, 2.24) is 4.98 Å². The number of pyridine rings is 1. The van der Waals surface area contributed by atoms with Crippen LogP contribution >= 0.6 is 11.8 Å². The van der Waals surface area contributed by atoms with E-state index in [0.29, 0.717) is 17.2 Å². The van der Waals surface area contributed by atoms with Crippen LogP contribution in [-0.4, -0.2) is 28.5 Å². The Bertz CT molecular complexity index is 342. The Morgan fingerprint density at radius 2 is 2.12 bits per heavy atom. The molecule has 0 aliphatic carbocycles. The maximum Gasteiger partial charge on any atom is 0.417 e. The molecule has 1 rings (SSSR count).